The minimum atomic E-state index is -0.833. The zero-order valence-corrected chi connectivity index (χ0v) is 13.3. The minimum Gasteiger partial charge on any atom is -0.481 e. The third-order valence-corrected chi connectivity index (χ3v) is 5.57. The molecule has 0 radical (unpaired) electrons. The number of carbonyl (C=O) groups is 2. The van der Waals surface area contributed by atoms with Gasteiger partial charge in [0.2, 0.25) is 0 Å². The first-order valence-corrected chi connectivity index (χ1v) is 7.89. The van der Waals surface area contributed by atoms with Crippen LogP contribution < -0.4 is 0 Å². The Morgan fingerprint density at radius 1 is 1.20 bits per heavy atom. The van der Waals surface area contributed by atoms with Gasteiger partial charge in [0, 0.05) is 10.8 Å². The number of rotatable bonds is 3. The van der Waals surface area contributed by atoms with Gasteiger partial charge in [-0.1, -0.05) is 27.7 Å². The van der Waals surface area contributed by atoms with E-state index in [0.717, 1.165) is 0 Å². The summed E-state index contributed by atoms with van der Waals surface area (Å²) < 4.78 is 0. The maximum absolute atomic E-state index is 12.6. The first-order chi connectivity index (χ1) is 9.20. The van der Waals surface area contributed by atoms with Crippen molar-refractivity contribution >= 4 is 23.1 Å². The lowest BCUT2D eigenvalue weighted by Gasteiger charge is -2.16. The molecule has 1 heterocycles. The molecule has 0 amide bonds. The zero-order valence-electron chi connectivity index (χ0n) is 12.5. The molecule has 1 aromatic heterocycles. The fourth-order valence-electron chi connectivity index (χ4n) is 2.91. The highest BCUT2D eigenvalue weighted by Crippen LogP contribution is 2.40. The van der Waals surface area contributed by atoms with Crippen LogP contribution in [0.15, 0.2) is 12.1 Å². The van der Waals surface area contributed by atoms with Gasteiger partial charge in [0.1, 0.15) is 0 Å². The molecule has 0 aromatic carbocycles. The molecule has 1 N–H and O–H groups in total. The van der Waals surface area contributed by atoms with Crippen LogP contribution >= 0.6 is 11.3 Å². The van der Waals surface area contributed by atoms with Crippen molar-refractivity contribution in [1.29, 1.82) is 0 Å². The van der Waals surface area contributed by atoms with Crippen LogP contribution in [0.2, 0.25) is 0 Å². The maximum Gasteiger partial charge on any atom is 0.307 e. The molecule has 0 saturated heterocycles. The lowest BCUT2D eigenvalue weighted by molar-refractivity contribution is -0.142. The van der Waals surface area contributed by atoms with E-state index in [2.05, 4.69) is 20.8 Å². The summed E-state index contributed by atoms with van der Waals surface area (Å²) in [5.41, 5.74) is 0.0262. The number of ketones is 1. The maximum atomic E-state index is 12.6. The molecule has 3 atom stereocenters. The Balaban J connectivity index is 2.23. The first-order valence-electron chi connectivity index (χ1n) is 7.07. The highest BCUT2D eigenvalue weighted by molar-refractivity contribution is 7.14. The molecular weight excluding hydrogens is 272 g/mol. The number of carbonyl (C=O) groups excluding carboxylic acids is 1. The molecule has 3 unspecified atom stereocenters. The van der Waals surface area contributed by atoms with Gasteiger partial charge in [-0.05, 0) is 36.3 Å². The number of Topliss-reactive ketones (excluding diaryl/α,β-unsaturated/α-hetero) is 1. The Labute approximate surface area is 124 Å². The average Bonchev–Trinajstić information content (AvgIpc) is 2.93. The molecule has 110 valence electrons. The van der Waals surface area contributed by atoms with Crippen LogP contribution in [0.4, 0.5) is 0 Å². The van der Waals surface area contributed by atoms with Gasteiger partial charge in [0.25, 0.3) is 0 Å². The second-order valence-corrected chi connectivity index (χ2v) is 7.99. The van der Waals surface area contributed by atoms with Crippen LogP contribution in [0, 0.1) is 17.8 Å². The van der Waals surface area contributed by atoms with Crippen molar-refractivity contribution < 1.29 is 14.7 Å². The molecule has 0 aliphatic heterocycles. The number of hydrogen-bond donors (Lipinski definition) is 1. The third kappa shape index (κ3) is 2.95. The summed E-state index contributed by atoms with van der Waals surface area (Å²) in [5.74, 6) is -1.37. The Morgan fingerprint density at radius 3 is 2.30 bits per heavy atom. The van der Waals surface area contributed by atoms with E-state index in [9.17, 15) is 14.7 Å². The largest absolute Gasteiger partial charge is 0.481 e. The topological polar surface area (TPSA) is 54.4 Å². The summed E-state index contributed by atoms with van der Waals surface area (Å²) in [7, 11) is 0. The van der Waals surface area contributed by atoms with Gasteiger partial charge in [0.05, 0.1) is 10.8 Å². The minimum absolute atomic E-state index is 0.0160. The molecule has 0 bridgehead atoms. The monoisotopic (exact) mass is 294 g/mol. The average molecular weight is 294 g/mol. The van der Waals surface area contributed by atoms with E-state index in [1.165, 1.54) is 16.2 Å². The van der Waals surface area contributed by atoms with Crippen LogP contribution in [0.5, 0.6) is 0 Å². The van der Waals surface area contributed by atoms with Gasteiger partial charge in [-0.3, -0.25) is 9.59 Å². The van der Waals surface area contributed by atoms with E-state index < -0.39 is 11.9 Å². The molecule has 20 heavy (non-hydrogen) atoms. The fraction of sp³-hybridized carbons (Fsp3) is 0.625. The van der Waals surface area contributed by atoms with Crippen molar-refractivity contribution in [3.05, 3.63) is 21.9 Å². The van der Waals surface area contributed by atoms with E-state index in [1.807, 2.05) is 19.1 Å². The van der Waals surface area contributed by atoms with Gasteiger partial charge < -0.3 is 5.11 Å². The van der Waals surface area contributed by atoms with Crippen molar-refractivity contribution in [2.75, 3.05) is 0 Å². The van der Waals surface area contributed by atoms with E-state index in [4.69, 9.17) is 0 Å². The summed E-state index contributed by atoms with van der Waals surface area (Å²) >= 11 is 1.51. The molecule has 1 aromatic rings. The van der Waals surface area contributed by atoms with Crippen LogP contribution in [-0.2, 0) is 10.2 Å². The molecule has 2 rings (SSSR count). The second-order valence-electron chi connectivity index (χ2n) is 6.91. The molecule has 1 aliphatic carbocycles. The lowest BCUT2D eigenvalue weighted by atomic mass is 9.91. The summed E-state index contributed by atoms with van der Waals surface area (Å²) in [5, 5.41) is 9.28. The van der Waals surface area contributed by atoms with Gasteiger partial charge >= 0.3 is 5.97 Å². The van der Waals surface area contributed by atoms with E-state index in [-0.39, 0.29) is 17.1 Å². The molecule has 0 spiro atoms. The van der Waals surface area contributed by atoms with Crippen molar-refractivity contribution in [2.24, 2.45) is 17.8 Å². The van der Waals surface area contributed by atoms with Crippen LogP contribution in [0.25, 0.3) is 0 Å². The number of hydrogen-bond acceptors (Lipinski definition) is 3. The summed E-state index contributed by atoms with van der Waals surface area (Å²) in [6.07, 6.45) is 1.31. The Bertz CT molecular complexity index is 524. The summed E-state index contributed by atoms with van der Waals surface area (Å²) in [6.45, 7) is 8.37. The fourth-order valence-corrected chi connectivity index (χ4v) is 3.98. The molecule has 1 aliphatic rings. The zero-order chi connectivity index (χ0) is 15.1. The smallest absolute Gasteiger partial charge is 0.307 e. The van der Waals surface area contributed by atoms with E-state index in [1.54, 1.807) is 0 Å². The molecule has 1 fully saturated rings. The van der Waals surface area contributed by atoms with Crippen molar-refractivity contribution in [2.45, 2.75) is 46.0 Å². The number of aliphatic carboxylic acids is 1. The number of carboxylic acids is 1. The van der Waals surface area contributed by atoms with Crippen molar-refractivity contribution in [1.82, 2.24) is 0 Å². The van der Waals surface area contributed by atoms with Gasteiger partial charge in [-0.15, -0.1) is 11.3 Å². The van der Waals surface area contributed by atoms with Gasteiger partial charge in [0.15, 0.2) is 5.78 Å². The van der Waals surface area contributed by atoms with Crippen LogP contribution in [-0.4, -0.2) is 16.9 Å². The lowest BCUT2D eigenvalue weighted by Crippen LogP contribution is -2.24. The van der Waals surface area contributed by atoms with E-state index in [0.29, 0.717) is 23.6 Å². The number of thiophene rings is 1. The normalized spacial score (nSPS) is 26.7. The standard InChI is InChI=1S/C16H22O3S/c1-9-7-10(11(8-9)15(18)19)14(17)12-5-6-13(20-12)16(2,3)4/h5-6,9-11H,7-8H2,1-4H3,(H,18,19). The SMILES string of the molecule is CC1CC(C(=O)O)C(C(=O)c2ccc(C(C)(C)C)s2)C1. The summed E-state index contributed by atoms with van der Waals surface area (Å²) in [6, 6.07) is 3.85. The van der Waals surface area contributed by atoms with Crippen LogP contribution in [0.3, 0.4) is 0 Å². The van der Waals surface area contributed by atoms with Crippen LogP contribution in [0.1, 0.15) is 55.1 Å². The Kier molecular flexibility index (Phi) is 4.05. The van der Waals surface area contributed by atoms with E-state index >= 15 is 0 Å². The second kappa shape index (κ2) is 5.32. The van der Waals surface area contributed by atoms with Crippen molar-refractivity contribution in [3.8, 4) is 0 Å². The predicted octanol–water partition coefficient (Wildman–Crippen LogP) is 3.98. The Morgan fingerprint density at radius 2 is 1.80 bits per heavy atom. The Hall–Kier alpha value is -1.16. The van der Waals surface area contributed by atoms with Crippen molar-refractivity contribution in [3.63, 3.8) is 0 Å². The highest BCUT2D eigenvalue weighted by Gasteiger charge is 2.41. The molecule has 1 saturated carbocycles. The molecule has 3 nitrogen and oxygen atoms in total. The highest BCUT2D eigenvalue weighted by atomic mass is 32.1. The van der Waals surface area contributed by atoms with Gasteiger partial charge in [-0.25, -0.2) is 0 Å². The first kappa shape index (κ1) is 15.2. The molecular formula is C16H22O3S. The molecule has 4 heteroatoms. The number of carboxylic acid groups (broad SMARTS) is 1. The summed E-state index contributed by atoms with van der Waals surface area (Å²) in [4.78, 5) is 25.8. The third-order valence-electron chi connectivity index (χ3n) is 4.04. The predicted molar refractivity (Wildman–Crippen MR) is 80.4 cm³/mol. The quantitative estimate of drug-likeness (QED) is 0.858. The van der Waals surface area contributed by atoms with Gasteiger partial charge in [-0.2, -0.15) is 0 Å².